The van der Waals surface area contributed by atoms with Crippen molar-refractivity contribution < 1.29 is 8.42 Å². The van der Waals surface area contributed by atoms with Crippen LogP contribution in [0.5, 0.6) is 0 Å². The number of rotatable bonds is 5. The predicted molar refractivity (Wildman–Crippen MR) is 66.4 cm³/mol. The highest BCUT2D eigenvalue weighted by Gasteiger charge is 2.16. The summed E-state index contributed by atoms with van der Waals surface area (Å²) in [4.78, 5) is 0. The predicted octanol–water partition coefficient (Wildman–Crippen LogP) is 1.44. The number of sulfonamides is 1. The van der Waals surface area contributed by atoms with Crippen LogP contribution in [0.4, 0.5) is 5.69 Å². The molecule has 0 unspecified atom stereocenters. The number of benzene rings is 1. The van der Waals surface area contributed by atoms with Gasteiger partial charge in [-0.1, -0.05) is 25.1 Å². The molecule has 2 N–H and O–H groups in total. The van der Waals surface area contributed by atoms with Gasteiger partial charge in [0.1, 0.15) is 0 Å². The molecule has 0 bridgehead atoms. The highest BCUT2D eigenvalue weighted by Crippen LogP contribution is 2.15. The van der Waals surface area contributed by atoms with E-state index >= 15 is 0 Å². The fourth-order valence-electron chi connectivity index (χ4n) is 1.48. The van der Waals surface area contributed by atoms with E-state index in [4.69, 9.17) is 5.73 Å². The first-order chi connectivity index (χ1) is 7.45. The molecule has 0 aliphatic rings. The van der Waals surface area contributed by atoms with Crippen molar-refractivity contribution in [3.05, 3.63) is 29.8 Å². The van der Waals surface area contributed by atoms with E-state index < -0.39 is 10.0 Å². The molecule has 1 aromatic rings. The van der Waals surface area contributed by atoms with Crippen molar-refractivity contribution in [1.29, 1.82) is 0 Å². The number of nitrogens with zero attached hydrogens (tertiary/aromatic N) is 1. The number of nitrogen functional groups attached to an aromatic ring is 1. The van der Waals surface area contributed by atoms with Crippen LogP contribution in [-0.4, -0.2) is 25.5 Å². The molecule has 0 saturated carbocycles. The molecule has 4 nitrogen and oxygen atoms in total. The maximum absolute atomic E-state index is 11.5. The van der Waals surface area contributed by atoms with E-state index in [0.29, 0.717) is 18.8 Å². The largest absolute Gasteiger partial charge is 0.398 e. The van der Waals surface area contributed by atoms with E-state index in [9.17, 15) is 8.42 Å². The maximum Gasteiger partial charge on any atom is 0.211 e. The van der Waals surface area contributed by atoms with Crippen molar-refractivity contribution in [2.24, 2.45) is 0 Å². The summed E-state index contributed by atoms with van der Waals surface area (Å²) < 4.78 is 24.5. The zero-order valence-electron chi connectivity index (χ0n) is 9.68. The number of nitrogens with two attached hydrogens (primary N) is 1. The maximum atomic E-state index is 11.5. The van der Waals surface area contributed by atoms with E-state index in [-0.39, 0.29) is 0 Å². The van der Waals surface area contributed by atoms with Crippen LogP contribution in [0.1, 0.15) is 18.9 Å². The Balaban J connectivity index is 2.89. The Morgan fingerprint density at radius 1 is 1.31 bits per heavy atom. The number of hydrogen-bond donors (Lipinski definition) is 1. The van der Waals surface area contributed by atoms with Gasteiger partial charge >= 0.3 is 0 Å². The number of para-hydroxylation sites is 1. The molecule has 0 spiro atoms. The molecule has 0 aromatic heterocycles. The van der Waals surface area contributed by atoms with E-state index in [1.54, 1.807) is 6.07 Å². The first kappa shape index (κ1) is 13.0. The third kappa shape index (κ3) is 3.50. The minimum atomic E-state index is -3.16. The molecular formula is C11H18N2O2S. The minimum absolute atomic E-state index is 0.347. The fourth-order valence-corrected chi connectivity index (χ4v) is 2.37. The molecule has 16 heavy (non-hydrogen) atoms. The lowest BCUT2D eigenvalue weighted by Crippen LogP contribution is -2.30. The quantitative estimate of drug-likeness (QED) is 0.795. The molecule has 1 aromatic carbocycles. The van der Waals surface area contributed by atoms with Gasteiger partial charge in [0.2, 0.25) is 10.0 Å². The minimum Gasteiger partial charge on any atom is -0.398 e. The van der Waals surface area contributed by atoms with E-state index in [1.165, 1.54) is 10.6 Å². The van der Waals surface area contributed by atoms with Crippen molar-refractivity contribution in [3.63, 3.8) is 0 Å². The molecule has 1 rings (SSSR count). The molecule has 5 heteroatoms. The lowest BCUT2D eigenvalue weighted by Gasteiger charge is -2.19. The topological polar surface area (TPSA) is 63.4 Å². The Bertz CT molecular complexity index is 443. The van der Waals surface area contributed by atoms with Crippen molar-refractivity contribution in [2.45, 2.75) is 19.9 Å². The van der Waals surface area contributed by atoms with Gasteiger partial charge < -0.3 is 5.73 Å². The van der Waals surface area contributed by atoms with Gasteiger partial charge in [-0.15, -0.1) is 0 Å². The Kier molecular flexibility index (Phi) is 4.32. The summed E-state index contributed by atoms with van der Waals surface area (Å²) in [6, 6.07) is 7.33. The van der Waals surface area contributed by atoms with Gasteiger partial charge in [-0.3, -0.25) is 0 Å². The van der Waals surface area contributed by atoms with Crippen LogP contribution >= 0.6 is 0 Å². The highest BCUT2D eigenvalue weighted by atomic mass is 32.2. The average Bonchev–Trinajstić information content (AvgIpc) is 2.19. The summed E-state index contributed by atoms with van der Waals surface area (Å²) in [5.41, 5.74) is 7.27. The number of hydrogen-bond acceptors (Lipinski definition) is 3. The lowest BCUT2D eigenvalue weighted by molar-refractivity contribution is 0.410. The van der Waals surface area contributed by atoms with Gasteiger partial charge in [0.05, 0.1) is 6.26 Å². The summed E-state index contributed by atoms with van der Waals surface area (Å²) in [5, 5.41) is 0. The second-order valence-electron chi connectivity index (χ2n) is 3.80. The summed E-state index contributed by atoms with van der Waals surface area (Å²) in [7, 11) is -3.16. The Morgan fingerprint density at radius 3 is 2.44 bits per heavy atom. The molecule has 0 fully saturated rings. The second-order valence-corrected chi connectivity index (χ2v) is 5.78. The van der Waals surface area contributed by atoms with Gasteiger partial charge in [0.15, 0.2) is 0 Å². The Hall–Kier alpha value is -1.07. The fraction of sp³-hybridized carbons (Fsp3) is 0.455. The van der Waals surface area contributed by atoms with Crippen LogP contribution in [0.25, 0.3) is 0 Å². The smallest absolute Gasteiger partial charge is 0.211 e. The molecule has 0 aliphatic carbocycles. The third-order valence-electron chi connectivity index (χ3n) is 2.34. The molecule has 90 valence electrons. The van der Waals surface area contributed by atoms with Crippen LogP contribution < -0.4 is 5.73 Å². The lowest BCUT2D eigenvalue weighted by atomic mass is 10.2. The van der Waals surface area contributed by atoms with Crippen molar-refractivity contribution in [2.75, 3.05) is 18.5 Å². The zero-order valence-corrected chi connectivity index (χ0v) is 10.5. The third-order valence-corrected chi connectivity index (χ3v) is 3.59. The Morgan fingerprint density at radius 2 is 1.94 bits per heavy atom. The van der Waals surface area contributed by atoms with Gasteiger partial charge in [0.25, 0.3) is 0 Å². The normalized spacial score (nSPS) is 11.9. The second kappa shape index (κ2) is 5.32. The van der Waals surface area contributed by atoms with Crippen LogP contribution in [0.2, 0.25) is 0 Å². The van der Waals surface area contributed by atoms with Crippen LogP contribution in [-0.2, 0) is 16.6 Å². The standard InChI is InChI=1S/C11H18N2O2S/c1-3-8-13(16(2,14)15)9-10-6-4-5-7-11(10)12/h4-7H,3,8-9,12H2,1-2H3. The molecular weight excluding hydrogens is 224 g/mol. The van der Waals surface area contributed by atoms with Crippen molar-refractivity contribution >= 4 is 15.7 Å². The van der Waals surface area contributed by atoms with Gasteiger partial charge in [-0.2, -0.15) is 4.31 Å². The summed E-state index contributed by atoms with van der Waals surface area (Å²) in [5.74, 6) is 0. The van der Waals surface area contributed by atoms with E-state index in [2.05, 4.69) is 0 Å². The molecule has 0 radical (unpaired) electrons. The van der Waals surface area contributed by atoms with Gasteiger partial charge in [-0.05, 0) is 18.1 Å². The van der Waals surface area contributed by atoms with Crippen LogP contribution in [0.3, 0.4) is 0 Å². The van der Waals surface area contributed by atoms with Crippen LogP contribution in [0.15, 0.2) is 24.3 Å². The van der Waals surface area contributed by atoms with Gasteiger partial charge in [-0.25, -0.2) is 8.42 Å². The van der Waals surface area contributed by atoms with Crippen LogP contribution in [0, 0.1) is 0 Å². The Labute approximate surface area is 97.1 Å². The molecule has 0 heterocycles. The summed E-state index contributed by atoms with van der Waals surface area (Å²) >= 11 is 0. The zero-order chi connectivity index (χ0) is 12.2. The van der Waals surface area contributed by atoms with Crippen molar-refractivity contribution in [1.82, 2.24) is 4.31 Å². The van der Waals surface area contributed by atoms with E-state index in [1.807, 2.05) is 25.1 Å². The SMILES string of the molecule is CCCN(Cc1ccccc1N)S(C)(=O)=O. The van der Waals surface area contributed by atoms with E-state index in [0.717, 1.165) is 12.0 Å². The molecule has 0 saturated heterocycles. The summed E-state index contributed by atoms with van der Waals surface area (Å²) in [6.07, 6.45) is 2.02. The average molecular weight is 242 g/mol. The first-order valence-corrected chi connectivity index (χ1v) is 7.08. The van der Waals surface area contributed by atoms with Gasteiger partial charge in [0, 0.05) is 18.8 Å². The van der Waals surface area contributed by atoms with Crippen molar-refractivity contribution in [3.8, 4) is 0 Å². The molecule has 0 aliphatic heterocycles. The number of anilines is 1. The molecule has 0 atom stereocenters. The highest BCUT2D eigenvalue weighted by molar-refractivity contribution is 7.88. The monoisotopic (exact) mass is 242 g/mol. The molecule has 0 amide bonds. The summed E-state index contributed by atoms with van der Waals surface area (Å²) in [6.45, 7) is 2.82. The first-order valence-electron chi connectivity index (χ1n) is 5.23.